The number of rotatable bonds is 0. The van der Waals surface area contributed by atoms with Gasteiger partial charge in [0.1, 0.15) is 11.7 Å². The Labute approximate surface area is 118 Å². The summed E-state index contributed by atoms with van der Waals surface area (Å²) in [7, 11) is 0. The highest BCUT2D eigenvalue weighted by atomic mass is 16.6. The first-order chi connectivity index (χ1) is 9.30. The minimum Gasteiger partial charge on any atom is -0.444 e. The van der Waals surface area contributed by atoms with Crippen LogP contribution >= 0.6 is 0 Å². The highest BCUT2D eigenvalue weighted by molar-refractivity contribution is 5.69. The highest BCUT2D eigenvalue weighted by Crippen LogP contribution is 2.25. The molecule has 1 aliphatic rings. The van der Waals surface area contributed by atoms with Crippen LogP contribution in [0.25, 0.3) is 0 Å². The van der Waals surface area contributed by atoms with Gasteiger partial charge in [0.25, 0.3) is 0 Å². The monoisotopic (exact) mass is 273 g/mol. The summed E-state index contributed by atoms with van der Waals surface area (Å²) in [5.41, 5.74) is 8.34. The van der Waals surface area contributed by atoms with Gasteiger partial charge in [0, 0.05) is 18.8 Å². The van der Waals surface area contributed by atoms with Crippen molar-refractivity contribution in [1.29, 1.82) is 5.26 Å². The molecular formula is C15H19N3O2. The number of ether oxygens (including phenoxy) is 1. The van der Waals surface area contributed by atoms with E-state index in [0.29, 0.717) is 30.8 Å². The number of carbonyl (C=O) groups is 1. The van der Waals surface area contributed by atoms with E-state index in [4.69, 9.17) is 15.7 Å². The predicted octanol–water partition coefficient (Wildman–Crippen LogP) is 2.43. The molecule has 0 aliphatic carbocycles. The molecule has 1 aliphatic heterocycles. The molecule has 2 N–H and O–H groups in total. The van der Waals surface area contributed by atoms with Gasteiger partial charge in [-0.2, -0.15) is 5.26 Å². The molecule has 1 heterocycles. The van der Waals surface area contributed by atoms with Gasteiger partial charge in [-0.1, -0.05) is 0 Å². The number of nitrogen functional groups attached to an aromatic ring is 1. The molecule has 0 atom stereocenters. The second-order valence-corrected chi connectivity index (χ2v) is 5.97. The Balaban J connectivity index is 2.17. The first-order valence-corrected chi connectivity index (χ1v) is 6.59. The Hall–Kier alpha value is -2.22. The van der Waals surface area contributed by atoms with Gasteiger partial charge in [-0.25, -0.2) is 4.79 Å². The molecule has 5 nitrogen and oxygen atoms in total. The van der Waals surface area contributed by atoms with Crippen LogP contribution in [0.2, 0.25) is 0 Å². The van der Waals surface area contributed by atoms with Crippen LogP contribution in [-0.2, 0) is 17.7 Å². The number of amides is 1. The summed E-state index contributed by atoms with van der Waals surface area (Å²) >= 11 is 0. The van der Waals surface area contributed by atoms with Gasteiger partial charge in [-0.15, -0.1) is 0 Å². The molecule has 0 aromatic heterocycles. The van der Waals surface area contributed by atoms with Gasteiger partial charge in [0.05, 0.1) is 5.56 Å². The minimum absolute atomic E-state index is 0.314. The van der Waals surface area contributed by atoms with Gasteiger partial charge in [-0.3, -0.25) is 0 Å². The molecule has 0 saturated carbocycles. The normalized spacial score (nSPS) is 14.4. The van der Waals surface area contributed by atoms with Crippen molar-refractivity contribution in [3.05, 3.63) is 28.8 Å². The Morgan fingerprint density at radius 3 is 2.70 bits per heavy atom. The zero-order valence-electron chi connectivity index (χ0n) is 12.1. The fraction of sp³-hybridized carbons (Fsp3) is 0.467. The van der Waals surface area contributed by atoms with Gasteiger partial charge in [0.15, 0.2) is 0 Å². The lowest BCUT2D eigenvalue weighted by Gasteiger charge is -2.31. The summed E-state index contributed by atoms with van der Waals surface area (Å²) in [5.74, 6) is 0. The SMILES string of the molecule is CC(C)(C)OC(=O)N1CCc2cc(C#N)c(N)cc2C1. The summed E-state index contributed by atoms with van der Waals surface area (Å²) in [4.78, 5) is 13.7. The number of benzene rings is 1. The number of nitriles is 1. The minimum atomic E-state index is -0.499. The zero-order valence-corrected chi connectivity index (χ0v) is 12.1. The van der Waals surface area contributed by atoms with E-state index >= 15 is 0 Å². The molecule has 106 valence electrons. The van der Waals surface area contributed by atoms with E-state index in [-0.39, 0.29) is 6.09 Å². The molecule has 0 bridgehead atoms. The first-order valence-electron chi connectivity index (χ1n) is 6.59. The van der Waals surface area contributed by atoms with Crippen LogP contribution in [0.3, 0.4) is 0 Å². The molecule has 1 aromatic carbocycles. The summed E-state index contributed by atoms with van der Waals surface area (Å²) in [6.07, 6.45) is 0.398. The average molecular weight is 273 g/mol. The summed E-state index contributed by atoms with van der Waals surface area (Å²) in [6.45, 7) is 6.61. The maximum Gasteiger partial charge on any atom is 0.410 e. The lowest BCUT2D eigenvalue weighted by molar-refractivity contribution is 0.0224. The summed E-state index contributed by atoms with van der Waals surface area (Å²) in [6, 6.07) is 5.68. The number of hydrogen-bond acceptors (Lipinski definition) is 4. The maximum atomic E-state index is 12.1. The Kier molecular flexibility index (Phi) is 3.58. The average Bonchev–Trinajstić information content (AvgIpc) is 2.35. The van der Waals surface area contributed by atoms with Crippen LogP contribution < -0.4 is 5.73 Å². The smallest absolute Gasteiger partial charge is 0.410 e. The Bertz CT molecular complexity index is 582. The van der Waals surface area contributed by atoms with E-state index in [1.807, 2.05) is 26.8 Å². The molecule has 1 amide bonds. The quantitative estimate of drug-likeness (QED) is 0.736. The molecule has 2 rings (SSSR count). The number of nitrogens with two attached hydrogens (primary N) is 1. The first kappa shape index (κ1) is 14.2. The van der Waals surface area contributed by atoms with E-state index in [9.17, 15) is 4.79 Å². The molecule has 0 saturated heterocycles. The number of anilines is 1. The molecule has 0 spiro atoms. The van der Waals surface area contributed by atoms with E-state index in [0.717, 1.165) is 11.1 Å². The molecule has 20 heavy (non-hydrogen) atoms. The number of carbonyl (C=O) groups excluding carboxylic acids is 1. The van der Waals surface area contributed by atoms with Crippen LogP contribution in [0, 0.1) is 11.3 Å². The molecule has 0 radical (unpaired) electrons. The van der Waals surface area contributed by atoms with E-state index < -0.39 is 5.60 Å². The molecular weight excluding hydrogens is 254 g/mol. The van der Waals surface area contributed by atoms with E-state index in [1.54, 1.807) is 11.0 Å². The van der Waals surface area contributed by atoms with Crippen LogP contribution in [0.5, 0.6) is 0 Å². The lowest BCUT2D eigenvalue weighted by atomic mass is 9.96. The zero-order chi connectivity index (χ0) is 14.9. The molecule has 5 heteroatoms. The van der Waals surface area contributed by atoms with Crippen molar-refractivity contribution in [2.45, 2.75) is 39.3 Å². The van der Waals surface area contributed by atoms with Crippen molar-refractivity contribution in [1.82, 2.24) is 4.90 Å². The Morgan fingerprint density at radius 1 is 1.40 bits per heavy atom. The second-order valence-electron chi connectivity index (χ2n) is 5.97. The third-order valence-corrected chi connectivity index (χ3v) is 3.16. The molecule has 0 unspecified atom stereocenters. The van der Waals surface area contributed by atoms with Crippen LogP contribution in [0.4, 0.5) is 10.5 Å². The fourth-order valence-corrected chi connectivity index (χ4v) is 2.21. The van der Waals surface area contributed by atoms with Gasteiger partial charge >= 0.3 is 6.09 Å². The van der Waals surface area contributed by atoms with Gasteiger partial charge in [0.2, 0.25) is 0 Å². The van der Waals surface area contributed by atoms with Crippen molar-refractivity contribution in [3.63, 3.8) is 0 Å². The predicted molar refractivity (Wildman–Crippen MR) is 75.9 cm³/mol. The fourth-order valence-electron chi connectivity index (χ4n) is 2.21. The largest absolute Gasteiger partial charge is 0.444 e. The highest BCUT2D eigenvalue weighted by Gasteiger charge is 2.26. The number of hydrogen-bond donors (Lipinski definition) is 1. The van der Waals surface area contributed by atoms with Crippen molar-refractivity contribution < 1.29 is 9.53 Å². The van der Waals surface area contributed by atoms with Gasteiger partial charge in [-0.05, 0) is 50.5 Å². The number of fused-ring (bicyclic) bond motifs is 1. The van der Waals surface area contributed by atoms with Crippen LogP contribution in [0.1, 0.15) is 37.5 Å². The van der Waals surface area contributed by atoms with Crippen molar-refractivity contribution >= 4 is 11.8 Å². The topological polar surface area (TPSA) is 79.3 Å². The van der Waals surface area contributed by atoms with Crippen molar-refractivity contribution in [2.75, 3.05) is 12.3 Å². The van der Waals surface area contributed by atoms with Crippen LogP contribution in [0.15, 0.2) is 12.1 Å². The maximum absolute atomic E-state index is 12.1. The summed E-state index contributed by atoms with van der Waals surface area (Å²) < 4.78 is 5.37. The van der Waals surface area contributed by atoms with Crippen LogP contribution in [-0.4, -0.2) is 23.1 Å². The van der Waals surface area contributed by atoms with Crippen molar-refractivity contribution in [3.8, 4) is 6.07 Å². The third kappa shape index (κ3) is 3.02. The third-order valence-electron chi connectivity index (χ3n) is 3.16. The summed E-state index contributed by atoms with van der Waals surface area (Å²) in [5, 5.41) is 8.97. The van der Waals surface area contributed by atoms with E-state index in [1.165, 1.54) is 0 Å². The van der Waals surface area contributed by atoms with Crippen molar-refractivity contribution in [2.24, 2.45) is 0 Å². The number of nitrogens with zero attached hydrogens (tertiary/aromatic N) is 2. The van der Waals surface area contributed by atoms with Gasteiger partial charge < -0.3 is 15.4 Å². The molecule has 1 aromatic rings. The standard InChI is InChI=1S/C15H19N3O2/c1-15(2,3)20-14(19)18-5-4-10-6-11(8-16)13(17)7-12(10)9-18/h6-7H,4-5,9,17H2,1-3H3. The lowest BCUT2D eigenvalue weighted by Crippen LogP contribution is -2.39. The second kappa shape index (κ2) is 5.04. The molecule has 0 fully saturated rings. The van der Waals surface area contributed by atoms with E-state index in [2.05, 4.69) is 6.07 Å². The Morgan fingerprint density at radius 2 is 2.10 bits per heavy atom.